The number of aromatic nitrogens is 2. The van der Waals surface area contributed by atoms with E-state index in [1.165, 1.54) is 24.3 Å². The SMILES string of the molecule is CC1(C)OCC(CO)O1.CCn1c2ccc(C(=O)/C=C/c3ccccc3)cc2c2cc(C(=O)c3ccc(F)cc3)ccc21.CCn1c2ccc(C(=O)/C=C/c3ccccc3)cc2c2cc(C(=O)c3ccc(OCC4COC(C)(C)O4)cc3)ccc21. The quantitative estimate of drug-likeness (QED) is 0.0733. The number of aliphatic hydroxyl groups excluding tert-OH is 1. The van der Waals surface area contributed by atoms with Gasteiger partial charge in [0.2, 0.25) is 0 Å². The molecule has 2 unspecified atom stereocenters. The molecular formula is C72H67FN2O10. The summed E-state index contributed by atoms with van der Waals surface area (Å²) in [6.07, 6.45) is 6.56. The molecule has 2 aliphatic rings. The molecule has 0 bridgehead atoms. The van der Waals surface area contributed by atoms with Crippen LogP contribution in [0.25, 0.3) is 55.8 Å². The third kappa shape index (κ3) is 13.8. The average molecular weight is 1140 g/mol. The van der Waals surface area contributed by atoms with Gasteiger partial charge in [-0.1, -0.05) is 72.8 Å². The maximum absolute atomic E-state index is 13.5. The third-order valence-corrected chi connectivity index (χ3v) is 14.9. The van der Waals surface area contributed by atoms with Crippen LogP contribution in [0.3, 0.4) is 0 Å². The van der Waals surface area contributed by atoms with Gasteiger partial charge in [-0.25, -0.2) is 4.39 Å². The van der Waals surface area contributed by atoms with Crippen molar-refractivity contribution in [1.29, 1.82) is 0 Å². The first-order valence-corrected chi connectivity index (χ1v) is 28.5. The van der Waals surface area contributed by atoms with E-state index < -0.39 is 11.6 Å². The van der Waals surface area contributed by atoms with Crippen molar-refractivity contribution in [2.75, 3.05) is 26.4 Å². The molecule has 2 fully saturated rings. The zero-order valence-electron chi connectivity index (χ0n) is 48.4. The molecule has 2 saturated heterocycles. The second-order valence-electron chi connectivity index (χ2n) is 21.7. The number of benzene rings is 8. The van der Waals surface area contributed by atoms with Crippen LogP contribution >= 0.6 is 0 Å². The number of ketones is 4. The molecule has 0 amide bonds. The molecule has 1 N–H and O–H groups in total. The van der Waals surface area contributed by atoms with E-state index in [1.54, 1.807) is 48.6 Å². The van der Waals surface area contributed by atoms with Gasteiger partial charge >= 0.3 is 0 Å². The van der Waals surface area contributed by atoms with Gasteiger partial charge in [-0.05, 0) is 186 Å². The van der Waals surface area contributed by atoms with Crippen molar-refractivity contribution in [3.63, 3.8) is 0 Å². The first-order valence-electron chi connectivity index (χ1n) is 28.5. The number of allylic oxidation sites excluding steroid dienone is 2. The number of aliphatic hydroxyl groups is 1. The number of halogens is 1. The van der Waals surface area contributed by atoms with Crippen molar-refractivity contribution in [2.24, 2.45) is 0 Å². The smallest absolute Gasteiger partial charge is 0.193 e. The Balaban J connectivity index is 0.000000167. The van der Waals surface area contributed by atoms with Gasteiger partial charge in [0.05, 0.1) is 19.8 Å². The minimum absolute atomic E-state index is 0.0451. The normalized spacial score (nSPS) is 16.2. The largest absolute Gasteiger partial charge is 0.491 e. The fourth-order valence-electron chi connectivity index (χ4n) is 10.7. The Morgan fingerprint density at radius 1 is 0.506 bits per heavy atom. The first kappa shape index (κ1) is 59.2. The predicted octanol–water partition coefficient (Wildman–Crippen LogP) is 14.7. The summed E-state index contributed by atoms with van der Waals surface area (Å²) in [5.74, 6) is -1.19. The molecule has 2 aliphatic heterocycles. The highest BCUT2D eigenvalue weighted by molar-refractivity contribution is 6.18. The van der Waals surface area contributed by atoms with E-state index in [4.69, 9.17) is 28.8 Å². The summed E-state index contributed by atoms with van der Waals surface area (Å²) in [4.78, 5) is 52.4. The van der Waals surface area contributed by atoms with Gasteiger partial charge in [-0.15, -0.1) is 0 Å². The van der Waals surface area contributed by atoms with Crippen molar-refractivity contribution in [2.45, 2.75) is 78.4 Å². The molecule has 12 rings (SSSR count). The number of carbonyl (C=O) groups is 4. The molecule has 2 aromatic heterocycles. The molecule has 0 saturated carbocycles. The van der Waals surface area contributed by atoms with Crippen LogP contribution in [0, 0.1) is 5.82 Å². The van der Waals surface area contributed by atoms with E-state index in [9.17, 15) is 23.6 Å². The Kier molecular flexibility index (Phi) is 18.0. The summed E-state index contributed by atoms with van der Waals surface area (Å²) in [5, 5.41) is 12.3. The second-order valence-corrected chi connectivity index (χ2v) is 21.7. The molecule has 13 heteroatoms. The topological polar surface area (TPSA) is 145 Å². The Labute approximate surface area is 493 Å². The van der Waals surface area contributed by atoms with E-state index in [-0.39, 0.29) is 47.8 Å². The molecule has 0 aliphatic carbocycles. The monoisotopic (exact) mass is 1140 g/mol. The highest BCUT2D eigenvalue weighted by Gasteiger charge is 2.33. The van der Waals surface area contributed by atoms with Gasteiger partial charge in [0.25, 0.3) is 0 Å². The van der Waals surface area contributed by atoms with Crippen LogP contribution < -0.4 is 4.74 Å². The summed E-state index contributed by atoms with van der Waals surface area (Å²) < 4.78 is 45.3. The lowest BCUT2D eigenvalue weighted by atomic mass is 10.00. The molecule has 432 valence electrons. The van der Waals surface area contributed by atoms with Crippen LogP contribution in [-0.4, -0.2) is 87.6 Å². The standard InChI is InChI=1S/C36H33NO5.C30H22FNO2.C6H12O3/c1-4-37-32-17-13-26(34(38)19-10-24-8-6-5-7-9-24)20-30(32)31-21-27(14-18-33(31)37)35(39)25-11-15-28(16-12-25)40-22-29-23-41-36(2,3)42-29;1-2-32-27-15-11-22(29(33)17-8-20-6-4-3-5-7-20)18-25(27)26-19-23(12-16-28(26)32)30(34)21-9-13-24(31)14-10-21;1-6(2)8-4-5(3-7)9-6/h5-21,29H,4,22-23H2,1-3H3;3-19H,2H2,1H3;5,7H,3-4H2,1-2H3/b19-10+;17-8+;. The van der Waals surface area contributed by atoms with E-state index in [0.29, 0.717) is 59.0 Å². The lowest BCUT2D eigenvalue weighted by molar-refractivity contribution is -0.142. The molecule has 85 heavy (non-hydrogen) atoms. The van der Waals surface area contributed by atoms with Crippen molar-refractivity contribution < 1.29 is 52.4 Å². The summed E-state index contributed by atoms with van der Waals surface area (Å²) in [6, 6.07) is 55.1. The highest BCUT2D eigenvalue weighted by atomic mass is 19.1. The summed E-state index contributed by atoms with van der Waals surface area (Å²) >= 11 is 0. The maximum Gasteiger partial charge on any atom is 0.193 e. The predicted molar refractivity (Wildman–Crippen MR) is 332 cm³/mol. The van der Waals surface area contributed by atoms with Crippen molar-refractivity contribution in [3.05, 3.63) is 244 Å². The number of hydrogen-bond acceptors (Lipinski definition) is 10. The van der Waals surface area contributed by atoms with Gasteiger partial charge in [-0.3, -0.25) is 19.2 Å². The van der Waals surface area contributed by atoms with E-state index in [0.717, 1.165) is 67.8 Å². The van der Waals surface area contributed by atoms with Crippen molar-refractivity contribution in [1.82, 2.24) is 9.13 Å². The Bertz CT molecular complexity index is 4120. The van der Waals surface area contributed by atoms with Gasteiger partial charge in [0.1, 0.15) is 30.4 Å². The molecule has 0 radical (unpaired) electrons. The number of hydrogen-bond donors (Lipinski definition) is 1. The number of carbonyl (C=O) groups excluding carboxylic acids is 4. The van der Waals surface area contributed by atoms with Crippen LogP contribution in [0.5, 0.6) is 5.75 Å². The third-order valence-electron chi connectivity index (χ3n) is 14.9. The van der Waals surface area contributed by atoms with Crippen molar-refractivity contribution >= 4 is 78.9 Å². The van der Waals surface area contributed by atoms with Gasteiger partial charge < -0.3 is 37.9 Å². The Morgan fingerprint density at radius 3 is 1.24 bits per heavy atom. The number of aryl methyl sites for hydroxylation is 2. The van der Waals surface area contributed by atoms with Crippen LogP contribution in [0.15, 0.2) is 194 Å². The molecule has 0 spiro atoms. The molecule has 4 heterocycles. The zero-order valence-corrected chi connectivity index (χ0v) is 48.4. The Morgan fingerprint density at radius 2 is 0.871 bits per heavy atom. The fourth-order valence-corrected chi connectivity index (χ4v) is 10.7. The molecule has 12 nitrogen and oxygen atoms in total. The van der Waals surface area contributed by atoms with Crippen LogP contribution in [0.4, 0.5) is 4.39 Å². The maximum atomic E-state index is 13.5. The number of ether oxygens (including phenoxy) is 5. The zero-order chi connectivity index (χ0) is 59.8. The van der Waals surface area contributed by atoms with E-state index in [1.807, 2.05) is 161 Å². The first-order chi connectivity index (χ1) is 41.0. The molecule has 2 atom stereocenters. The fraction of sp³-hybridized carbons (Fsp3) is 0.222. The summed E-state index contributed by atoms with van der Waals surface area (Å²) in [6.45, 7) is 14.5. The van der Waals surface area contributed by atoms with Crippen LogP contribution in [0.1, 0.15) is 105 Å². The van der Waals surface area contributed by atoms with Crippen LogP contribution in [-0.2, 0) is 32.0 Å². The van der Waals surface area contributed by atoms with Crippen LogP contribution in [0.2, 0.25) is 0 Å². The van der Waals surface area contributed by atoms with E-state index >= 15 is 0 Å². The van der Waals surface area contributed by atoms with Gasteiger partial charge in [0, 0.05) is 90.1 Å². The molecular weight excluding hydrogens is 1070 g/mol. The molecule has 8 aromatic carbocycles. The van der Waals surface area contributed by atoms with Crippen molar-refractivity contribution in [3.8, 4) is 5.75 Å². The second kappa shape index (κ2) is 25.9. The lowest BCUT2D eigenvalue weighted by Gasteiger charge is -2.17. The van der Waals surface area contributed by atoms with E-state index in [2.05, 4.69) is 23.0 Å². The number of rotatable bonds is 16. The van der Waals surface area contributed by atoms with Gasteiger partial charge in [-0.2, -0.15) is 0 Å². The lowest BCUT2D eigenvalue weighted by Crippen LogP contribution is -2.25. The van der Waals surface area contributed by atoms with Gasteiger partial charge in [0.15, 0.2) is 34.7 Å². The minimum Gasteiger partial charge on any atom is -0.491 e. The highest BCUT2D eigenvalue weighted by Crippen LogP contribution is 2.34. The minimum atomic E-state index is -0.592. The summed E-state index contributed by atoms with van der Waals surface area (Å²) in [5.41, 5.74) is 9.31. The average Bonchev–Trinajstić information content (AvgIpc) is 2.15. The molecule has 10 aromatic rings. The number of fused-ring (bicyclic) bond motifs is 6. The Hall–Kier alpha value is -8.95. The number of nitrogens with zero attached hydrogens (tertiary/aromatic N) is 2. The summed E-state index contributed by atoms with van der Waals surface area (Å²) in [7, 11) is 0.